The average molecular weight is 301 g/mol. The molecule has 1 aliphatic rings. The van der Waals surface area contributed by atoms with Gasteiger partial charge >= 0.3 is 0 Å². The van der Waals surface area contributed by atoms with Crippen LogP contribution in [0.5, 0.6) is 5.75 Å². The number of anilines is 1. The van der Waals surface area contributed by atoms with Crippen LogP contribution in [0.25, 0.3) is 0 Å². The number of hydrogen-bond acceptors (Lipinski definition) is 2. The highest BCUT2D eigenvalue weighted by Gasteiger charge is 2.25. The Kier molecular flexibility index (Phi) is 3.84. The van der Waals surface area contributed by atoms with Gasteiger partial charge in [-0.1, -0.05) is 0 Å². The summed E-state index contributed by atoms with van der Waals surface area (Å²) < 4.78 is 7.45. The molecule has 0 radical (unpaired) electrons. The van der Waals surface area contributed by atoms with Crippen molar-refractivity contribution in [3.05, 3.63) is 48.3 Å². The maximum Gasteiger partial charge on any atom is 0.174 e. The lowest BCUT2D eigenvalue weighted by Gasteiger charge is -2.36. The van der Waals surface area contributed by atoms with Gasteiger partial charge in [-0.2, -0.15) is 0 Å². The van der Waals surface area contributed by atoms with Crippen molar-refractivity contribution in [2.45, 2.75) is 19.5 Å². The van der Waals surface area contributed by atoms with E-state index in [1.54, 1.807) is 7.11 Å². The van der Waals surface area contributed by atoms with Crippen LogP contribution >= 0.6 is 12.2 Å². The minimum Gasteiger partial charge on any atom is -0.497 e. The van der Waals surface area contributed by atoms with Gasteiger partial charge in [0.25, 0.3) is 0 Å². The molecule has 2 heterocycles. The molecule has 0 aliphatic carbocycles. The molecule has 0 saturated heterocycles. The number of aromatic nitrogens is 1. The lowest BCUT2D eigenvalue weighted by Crippen LogP contribution is -2.42. The Hall–Kier alpha value is -2.01. The van der Waals surface area contributed by atoms with E-state index in [-0.39, 0.29) is 6.04 Å². The van der Waals surface area contributed by atoms with Gasteiger partial charge in [-0.25, -0.2) is 0 Å². The largest absolute Gasteiger partial charge is 0.497 e. The predicted molar refractivity (Wildman–Crippen MR) is 88.8 cm³/mol. The summed E-state index contributed by atoms with van der Waals surface area (Å²) in [5.74, 6) is 0.843. The monoisotopic (exact) mass is 301 g/mol. The van der Waals surface area contributed by atoms with Gasteiger partial charge in [-0.15, -0.1) is 0 Å². The molecule has 5 heteroatoms. The van der Waals surface area contributed by atoms with Crippen molar-refractivity contribution in [1.82, 2.24) is 9.47 Å². The molecule has 1 aromatic carbocycles. The van der Waals surface area contributed by atoms with E-state index in [9.17, 15) is 0 Å². The smallest absolute Gasteiger partial charge is 0.174 e. The maximum absolute atomic E-state index is 5.57. The molecule has 1 aromatic heterocycles. The summed E-state index contributed by atoms with van der Waals surface area (Å²) in [5, 5.41) is 4.07. The summed E-state index contributed by atoms with van der Waals surface area (Å²) in [4.78, 5) is 2.23. The summed E-state index contributed by atoms with van der Waals surface area (Å²) in [6.07, 6.45) is 2.13. The fourth-order valence-corrected chi connectivity index (χ4v) is 3.09. The molecule has 0 fully saturated rings. The van der Waals surface area contributed by atoms with Crippen LogP contribution in [0.3, 0.4) is 0 Å². The van der Waals surface area contributed by atoms with Crippen LogP contribution in [0.4, 0.5) is 5.69 Å². The molecule has 0 spiro atoms. The van der Waals surface area contributed by atoms with E-state index < -0.39 is 0 Å². The van der Waals surface area contributed by atoms with Gasteiger partial charge in [0.15, 0.2) is 5.11 Å². The van der Waals surface area contributed by atoms with Crippen molar-refractivity contribution in [3.8, 4) is 5.75 Å². The number of benzene rings is 1. The first kappa shape index (κ1) is 13.9. The van der Waals surface area contributed by atoms with E-state index in [0.717, 1.165) is 29.6 Å². The average Bonchev–Trinajstić information content (AvgIpc) is 2.98. The second-order valence-electron chi connectivity index (χ2n) is 5.15. The Bertz CT molecular complexity index is 635. The number of nitrogens with one attached hydrogen (secondary N) is 1. The Morgan fingerprint density at radius 2 is 2.00 bits per heavy atom. The van der Waals surface area contributed by atoms with Gasteiger partial charge < -0.3 is 19.5 Å². The molecule has 0 saturated carbocycles. The first-order chi connectivity index (χ1) is 10.2. The van der Waals surface area contributed by atoms with Crippen molar-refractivity contribution in [1.29, 1.82) is 0 Å². The second kappa shape index (κ2) is 5.77. The molecule has 1 atom stereocenters. The van der Waals surface area contributed by atoms with Crippen LogP contribution in [0, 0.1) is 0 Å². The molecular formula is C16H19N3OS. The summed E-state index contributed by atoms with van der Waals surface area (Å²) in [6.45, 7) is 4.08. The number of hydrogen-bond donors (Lipinski definition) is 1. The lowest BCUT2D eigenvalue weighted by molar-refractivity contribution is 0.276. The third-order valence-corrected chi connectivity index (χ3v) is 4.28. The molecule has 0 amide bonds. The number of nitrogens with zero attached hydrogens (tertiary/aromatic N) is 2. The highest BCUT2D eigenvalue weighted by molar-refractivity contribution is 7.80. The molecule has 4 nitrogen and oxygen atoms in total. The van der Waals surface area contributed by atoms with E-state index in [0.29, 0.717) is 0 Å². The summed E-state index contributed by atoms with van der Waals surface area (Å²) in [7, 11) is 1.66. The normalized spacial score (nSPS) is 17.2. The first-order valence-electron chi connectivity index (χ1n) is 7.06. The fraction of sp³-hybridized carbons (Fsp3) is 0.312. The molecular weight excluding hydrogens is 282 g/mol. The minimum atomic E-state index is 0.284. The van der Waals surface area contributed by atoms with Crippen LogP contribution in [-0.4, -0.2) is 28.2 Å². The van der Waals surface area contributed by atoms with Gasteiger partial charge in [-0.05, 0) is 55.5 Å². The van der Waals surface area contributed by atoms with Crippen molar-refractivity contribution in [2.75, 3.05) is 19.0 Å². The highest BCUT2D eigenvalue weighted by Crippen LogP contribution is 2.26. The number of rotatable bonds is 2. The van der Waals surface area contributed by atoms with E-state index in [1.165, 1.54) is 5.69 Å². The second-order valence-corrected chi connectivity index (χ2v) is 5.54. The lowest BCUT2D eigenvalue weighted by atomic mass is 10.1. The quantitative estimate of drug-likeness (QED) is 0.862. The third-order valence-electron chi connectivity index (χ3n) is 3.94. The van der Waals surface area contributed by atoms with Gasteiger partial charge in [0.2, 0.25) is 0 Å². The number of fused-ring (bicyclic) bond motifs is 1. The number of thiocarbonyl (C=S) groups is 1. The maximum atomic E-state index is 5.57. The van der Waals surface area contributed by atoms with Crippen LogP contribution in [-0.2, 0) is 6.54 Å². The van der Waals surface area contributed by atoms with E-state index >= 15 is 0 Å². The SMILES string of the molecule is COc1ccc(NC(=S)N2CCn3cccc3[C@H]2C)cc1. The standard InChI is InChI=1S/C16H19N3OS/c1-12-15-4-3-9-18(15)10-11-19(12)16(21)17-13-5-7-14(20-2)8-6-13/h3-9,12H,10-11H2,1-2H3,(H,17,21)/t12-/m1/s1. The van der Waals surface area contributed by atoms with E-state index in [2.05, 4.69) is 40.0 Å². The van der Waals surface area contributed by atoms with Crippen molar-refractivity contribution in [3.63, 3.8) is 0 Å². The molecule has 0 unspecified atom stereocenters. The Balaban J connectivity index is 1.71. The summed E-state index contributed by atoms with van der Waals surface area (Å²) >= 11 is 5.57. The zero-order valence-corrected chi connectivity index (χ0v) is 13.1. The van der Waals surface area contributed by atoms with Crippen LogP contribution in [0.1, 0.15) is 18.7 Å². The highest BCUT2D eigenvalue weighted by atomic mass is 32.1. The Morgan fingerprint density at radius 1 is 1.24 bits per heavy atom. The van der Waals surface area contributed by atoms with Gasteiger partial charge in [0, 0.05) is 30.7 Å². The Labute approximate surface area is 130 Å². The molecule has 1 N–H and O–H groups in total. The van der Waals surface area contributed by atoms with Gasteiger partial charge in [-0.3, -0.25) is 0 Å². The third kappa shape index (κ3) is 2.74. The minimum absolute atomic E-state index is 0.284. The fourth-order valence-electron chi connectivity index (χ4n) is 2.73. The number of ether oxygens (including phenoxy) is 1. The van der Waals surface area contributed by atoms with Crippen molar-refractivity contribution < 1.29 is 4.74 Å². The van der Waals surface area contributed by atoms with E-state index in [1.807, 2.05) is 24.3 Å². The Morgan fingerprint density at radius 3 is 2.71 bits per heavy atom. The van der Waals surface area contributed by atoms with Crippen LogP contribution < -0.4 is 10.1 Å². The molecule has 0 bridgehead atoms. The van der Waals surface area contributed by atoms with Gasteiger partial charge in [0.1, 0.15) is 5.75 Å². The molecule has 2 aromatic rings. The summed E-state index contributed by atoms with van der Waals surface area (Å²) in [5.41, 5.74) is 2.29. The van der Waals surface area contributed by atoms with Gasteiger partial charge in [0.05, 0.1) is 13.2 Å². The zero-order chi connectivity index (χ0) is 14.8. The molecule has 110 valence electrons. The van der Waals surface area contributed by atoms with E-state index in [4.69, 9.17) is 17.0 Å². The van der Waals surface area contributed by atoms with Crippen LogP contribution in [0.15, 0.2) is 42.6 Å². The zero-order valence-electron chi connectivity index (χ0n) is 12.2. The molecule has 3 rings (SSSR count). The number of methoxy groups -OCH3 is 1. The van der Waals surface area contributed by atoms with Crippen LogP contribution in [0.2, 0.25) is 0 Å². The van der Waals surface area contributed by atoms with Crippen molar-refractivity contribution >= 4 is 23.0 Å². The first-order valence-corrected chi connectivity index (χ1v) is 7.46. The molecule has 21 heavy (non-hydrogen) atoms. The van der Waals surface area contributed by atoms with Crippen molar-refractivity contribution in [2.24, 2.45) is 0 Å². The summed E-state index contributed by atoms with van der Waals surface area (Å²) in [6, 6.07) is 12.3. The molecule has 1 aliphatic heterocycles. The predicted octanol–water partition coefficient (Wildman–Crippen LogP) is 3.27. The topological polar surface area (TPSA) is 29.4 Å².